The average molecular weight is 407 g/mol. The molecule has 1 aliphatic heterocycles. The van der Waals surface area contributed by atoms with E-state index in [2.05, 4.69) is 4.98 Å². The zero-order valence-electron chi connectivity index (χ0n) is 16.5. The van der Waals surface area contributed by atoms with Gasteiger partial charge >= 0.3 is 0 Å². The van der Waals surface area contributed by atoms with Crippen molar-refractivity contribution >= 4 is 23.2 Å². The Hall–Kier alpha value is -2.92. The first kappa shape index (κ1) is 19.4. The van der Waals surface area contributed by atoms with E-state index in [0.717, 1.165) is 36.3 Å². The van der Waals surface area contributed by atoms with E-state index in [0.29, 0.717) is 16.4 Å². The van der Waals surface area contributed by atoms with Gasteiger partial charge in [-0.2, -0.15) is 0 Å². The summed E-state index contributed by atoms with van der Waals surface area (Å²) < 4.78 is 0. The maximum Gasteiger partial charge on any atom is 0.254 e. The van der Waals surface area contributed by atoms with Gasteiger partial charge in [0.05, 0.1) is 11.7 Å². The van der Waals surface area contributed by atoms with Crippen LogP contribution in [0.2, 0.25) is 5.02 Å². The number of halogens is 1. The highest BCUT2D eigenvalue weighted by Crippen LogP contribution is 2.33. The molecule has 4 rings (SSSR count). The Morgan fingerprint density at radius 3 is 2.76 bits per heavy atom. The quantitative estimate of drug-likeness (QED) is 0.622. The fourth-order valence-electron chi connectivity index (χ4n) is 3.73. The molecular formula is C23H23ClN4O. The standard InChI is InChI=1S/C23H23ClN4O/c1-27(2)19-9-4-7-17(15-19)23(29)28-13-5-10-21(28)20-11-12-25-22(26-20)16-6-3-8-18(24)14-16/h3-4,6-9,11-12,14-15,21H,5,10,13H2,1-2H3/t21-/m1/s1. The Morgan fingerprint density at radius 1 is 1.14 bits per heavy atom. The first-order valence-electron chi connectivity index (χ1n) is 9.70. The number of carbonyl (C=O) groups excluding carboxylic acids is 1. The number of benzene rings is 2. The van der Waals surface area contributed by atoms with E-state index in [1.165, 1.54) is 0 Å². The molecule has 6 heteroatoms. The third-order valence-corrected chi connectivity index (χ3v) is 5.46. The number of hydrogen-bond acceptors (Lipinski definition) is 4. The summed E-state index contributed by atoms with van der Waals surface area (Å²) in [5.74, 6) is 0.665. The van der Waals surface area contributed by atoms with Gasteiger partial charge < -0.3 is 9.80 Å². The largest absolute Gasteiger partial charge is 0.378 e. The number of hydrogen-bond donors (Lipinski definition) is 0. The fourth-order valence-corrected chi connectivity index (χ4v) is 3.92. The molecule has 0 unspecified atom stereocenters. The monoisotopic (exact) mass is 406 g/mol. The average Bonchev–Trinajstić information content (AvgIpc) is 3.23. The molecule has 0 aliphatic carbocycles. The van der Waals surface area contributed by atoms with Crippen LogP contribution in [-0.4, -0.2) is 41.4 Å². The summed E-state index contributed by atoms with van der Waals surface area (Å²) >= 11 is 6.12. The van der Waals surface area contributed by atoms with Crippen LogP contribution >= 0.6 is 11.6 Å². The van der Waals surface area contributed by atoms with Gasteiger partial charge in [-0.3, -0.25) is 4.79 Å². The lowest BCUT2D eigenvalue weighted by Crippen LogP contribution is -2.31. The van der Waals surface area contributed by atoms with E-state index in [1.54, 1.807) is 6.20 Å². The van der Waals surface area contributed by atoms with Gasteiger partial charge in [0.1, 0.15) is 0 Å². The molecule has 1 fully saturated rings. The Labute approximate surface area is 176 Å². The molecule has 1 atom stereocenters. The molecule has 1 aromatic heterocycles. The molecule has 2 heterocycles. The van der Waals surface area contributed by atoms with Crippen LogP contribution < -0.4 is 4.90 Å². The van der Waals surface area contributed by atoms with Crippen molar-refractivity contribution in [2.75, 3.05) is 25.5 Å². The summed E-state index contributed by atoms with van der Waals surface area (Å²) in [4.78, 5) is 26.3. The summed E-state index contributed by atoms with van der Waals surface area (Å²) in [6.07, 6.45) is 3.61. The summed E-state index contributed by atoms with van der Waals surface area (Å²) in [6.45, 7) is 0.728. The Morgan fingerprint density at radius 2 is 1.97 bits per heavy atom. The summed E-state index contributed by atoms with van der Waals surface area (Å²) in [7, 11) is 3.95. The molecule has 0 N–H and O–H groups in total. The second kappa shape index (κ2) is 8.21. The lowest BCUT2D eigenvalue weighted by atomic mass is 10.1. The Balaban J connectivity index is 1.63. The smallest absolute Gasteiger partial charge is 0.254 e. The topological polar surface area (TPSA) is 49.3 Å². The van der Waals surface area contributed by atoms with E-state index < -0.39 is 0 Å². The molecule has 1 amide bonds. The molecule has 2 aromatic carbocycles. The Bertz CT molecular complexity index is 1040. The summed E-state index contributed by atoms with van der Waals surface area (Å²) in [5.41, 5.74) is 3.45. The second-order valence-corrected chi connectivity index (χ2v) is 7.85. The number of anilines is 1. The first-order chi connectivity index (χ1) is 14.0. The molecule has 0 radical (unpaired) electrons. The molecule has 3 aromatic rings. The summed E-state index contributed by atoms with van der Waals surface area (Å²) in [6, 6.07) is 17.1. The Kier molecular flexibility index (Phi) is 5.49. The van der Waals surface area contributed by atoms with Gasteiger partial charge in [0, 0.05) is 48.7 Å². The van der Waals surface area contributed by atoms with Crippen LogP contribution in [0.4, 0.5) is 5.69 Å². The third kappa shape index (κ3) is 4.10. The molecule has 5 nitrogen and oxygen atoms in total. The minimum atomic E-state index is -0.0496. The number of aromatic nitrogens is 2. The maximum atomic E-state index is 13.3. The highest BCUT2D eigenvalue weighted by Gasteiger charge is 2.32. The van der Waals surface area contributed by atoms with Gasteiger partial charge in [-0.05, 0) is 49.2 Å². The predicted molar refractivity (Wildman–Crippen MR) is 116 cm³/mol. The zero-order valence-corrected chi connectivity index (χ0v) is 17.3. The van der Waals surface area contributed by atoms with Crippen LogP contribution in [-0.2, 0) is 0 Å². The normalized spacial score (nSPS) is 16.1. The van der Waals surface area contributed by atoms with Crippen LogP contribution in [0.5, 0.6) is 0 Å². The van der Waals surface area contributed by atoms with Crippen molar-refractivity contribution in [3.05, 3.63) is 77.1 Å². The molecule has 1 saturated heterocycles. The summed E-state index contributed by atoms with van der Waals surface area (Å²) in [5, 5.41) is 0.648. The van der Waals surface area contributed by atoms with Crippen molar-refractivity contribution in [1.29, 1.82) is 0 Å². The van der Waals surface area contributed by atoms with Gasteiger partial charge in [-0.1, -0.05) is 29.8 Å². The molecule has 29 heavy (non-hydrogen) atoms. The van der Waals surface area contributed by atoms with Crippen molar-refractivity contribution < 1.29 is 4.79 Å². The van der Waals surface area contributed by atoms with Crippen molar-refractivity contribution in [3.63, 3.8) is 0 Å². The van der Waals surface area contributed by atoms with Crippen LogP contribution in [0.15, 0.2) is 60.8 Å². The van der Waals surface area contributed by atoms with Crippen LogP contribution in [0, 0.1) is 0 Å². The maximum absolute atomic E-state index is 13.3. The van der Waals surface area contributed by atoms with Gasteiger partial charge in [0.25, 0.3) is 5.91 Å². The molecule has 0 saturated carbocycles. The van der Waals surface area contributed by atoms with E-state index in [1.807, 2.05) is 78.5 Å². The highest BCUT2D eigenvalue weighted by atomic mass is 35.5. The molecule has 148 valence electrons. The van der Waals surface area contributed by atoms with Gasteiger partial charge in [-0.25, -0.2) is 9.97 Å². The number of nitrogens with zero attached hydrogens (tertiary/aromatic N) is 4. The van der Waals surface area contributed by atoms with E-state index in [9.17, 15) is 4.79 Å². The lowest BCUT2D eigenvalue weighted by molar-refractivity contribution is 0.0733. The van der Waals surface area contributed by atoms with Crippen molar-refractivity contribution in [1.82, 2.24) is 14.9 Å². The molecule has 1 aliphatic rings. The van der Waals surface area contributed by atoms with Crippen molar-refractivity contribution in [2.45, 2.75) is 18.9 Å². The van der Waals surface area contributed by atoms with E-state index >= 15 is 0 Å². The zero-order chi connectivity index (χ0) is 20.4. The fraction of sp³-hybridized carbons (Fsp3) is 0.261. The molecule has 0 bridgehead atoms. The lowest BCUT2D eigenvalue weighted by Gasteiger charge is -2.25. The van der Waals surface area contributed by atoms with Crippen molar-refractivity contribution in [3.8, 4) is 11.4 Å². The minimum absolute atomic E-state index is 0.0408. The number of rotatable bonds is 4. The van der Waals surface area contributed by atoms with Crippen LogP contribution in [0.25, 0.3) is 11.4 Å². The number of carbonyl (C=O) groups is 1. The van der Waals surface area contributed by atoms with Gasteiger partial charge in [0.15, 0.2) is 5.82 Å². The molecule has 0 spiro atoms. The SMILES string of the molecule is CN(C)c1cccc(C(=O)N2CCC[C@@H]2c2ccnc(-c3cccc(Cl)c3)n2)c1. The van der Waals surface area contributed by atoms with Crippen molar-refractivity contribution in [2.24, 2.45) is 0 Å². The van der Waals surface area contributed by atoms with Gasteiger partial charge in [0.2, 0.25) is 0 Å². The minimum Gasteiger partial charge on any atom is -0.378 e. The second-order valence-electron chi connectivity index (χ2n) is 7.42. The number of likely N-dealkylation sites (tertiary alicyclic amines) is 1. The van der Waals surface area contributed by atoms with E-state index in [-0.39, 0.29) is 11.9 Å². The number of amides is 1. The first-order valence-corrected chi connectivity index (χ1v) is 10.1. The highest BCUT2D eigenvalue weighted by molar-refractivity contribution is 6.30. The van der Waals surface area contributed by atoms with Crippen LogP contribution in [0.3, 0.4) is 0 Å². The van der Waals surface area contributed by atoms with E-state index in [4.69, 9.17) is 16.6 Å². The van der Waals surface area contributed by atoms with Gasteiger partial charge in [-0.15, -0.1) is 0 Å². The molecular weight excluding hydrogens is 384 g/mol. The third-order valence-electron chi connectivity index (χ3n) is 5.22. The predicted octanol–water partition coefficient (Wildman–Crippen LogP) is 4.84. The van der Waals surface area contributed by atoms with Crippen LogP contribution in [0.1, 0.15) is 34.9 Å².